The van der Waals surface area contributed by atoms with Crippen molar-refractivity contribution in [3.8, 4) is 11.6 Å². The lowest BCUT2D eigenvalue weighted by molar-refractivity contribution is 0.0781. The third-order valence-corrected chi connectivity index (χ3v) is 4.95. The number of aromatic nitrogens is 3. The largest absolute Gasteiger partial charge is 0.490 e. The Morgan fingerprint density at radius 1 is 0.967 bits per heavy atom. The predicted octanol–water partition coefficient (Wildman–Crippen LogP) is 2.95. The first-order chi connectivity index (χ1) is 14.5. The summed E-state index contributed by atoms with van der Waals surface area (Å²) in [7, 11) is -3.44. The molecular formula is C21H21N3O5S. The molecule has 4 aromatic rings. The number of rotatable bonds is 9. The Morgan fingerprint density at radius 2 is 1.80 bits per heavy atom. The van der Waals surface area contributed by atoms with Crippen molar-refractivity contribution in [2.75, 3.05) is 32.7 Å². The highest BCUT2D eigenvalue weighted by Crippen LogP contribution is 2.23. The third kappa shape index (κ3) is 4.93. The highest BCUT2D eigenvalue weighted by Gasteiger charge is 2.08. The van der Waals surface area contributed by atoms with Crippen LogP contribution < -0.4 is 4.74 Å². The van der Waals surface area contributed by atoms with Gasteiger partial charge in [0, 0.05) is 17.0 Å². The third-order valence-electron chi connectivity index (χ3n) is 4.35. The van der Waals surface area contributed by atoms with E-state index < -0.39 is 10.1 Å². The van der Waals surface area contributed by atoms with Crippen molar-refractivity contribution < 1.29 is 22.1 Å². The van der Waals surface area contributed by atoms with Gasteiger partial charge in [-0.15, -0.1) is 0 Å². The van der Waals surface area contributed by atoms with E-state index >= 15 is 0 Å². The number of para-hydroxylation sites is 1. The van der Waals surface area contributed by atoms with E-state index in [1.165, 1.54) is 0 Å². The molecule has 0 atom stereocenters. The van der Waals surface area contributed by atoms with Crippen LogP contribution in [-0.4, -0.2) is 55.6 Å². The molecule has 8 nitrogen and oxygen atoms in total. The number of hydrogen-bond donors (Lipinski definition) is 0. The Balaban J connectivity index is 1.37. The van der Waals surface area contributed by atoms with Crippen LogP contribution in [0.5, 0.6) is 5.75 Å². The molecule has 0 unspecified atom stereocenters. The van der Waals surface area contributed by atoms with Crippen molar-refractivity contribution in [3.05, 3.63) is 60.9 Å². The van der Waals surface area contributed by atoms with E-state index in [9.17, 15) is 8.42 Å². The minimum atomic E-state index is -3.44. The van der Waals surface area contributed by atoms with Crippen molar-refractivity contribution >= 4 is 32.1 Å². The van der Waals surface area contributed by atoms with Gasteiger partial charge < -0.3 is 9.47 Å². The quantitative estimate of drug-likeness (QED) is 0.299. The Labute approximate surface area is 174 Å². The molecule has 9 heteroatoms. The van der Waals surface area contributed by atoms with Gasteiger partial charge in [0.2, 0.25) is 0 Å². The van der Waals surface area contributed by atoms with Crippen LogP contribution >= 0.6 is 0 Å². The Bertz CT molecular complexity index is 1270. The minimum absolute atomic E-state index is 0.0112. The molecule has 30 heavy (non-hydrogen) atoms. The number of fused-ring (bicyclic) bond motifs is 2. The molecule has 0 N–H and O–H groups in total. The zero-order valence-electron chi connectivity index (χ0n) is 16.4. The molecule has 3 heterocycles. The molecule has 0 aliphatic heterocycles. The number of benzene rings is 1. The van der Waals surface area contributed by atoms with E-state index in [4.69, 9.17) is 14.5 Å². The molecule has 0 amide bonds. The molecular weight excluding hydrogens is 406 g/mol. The summed E-state index contributed by atoms with van der Waals surface area (Å²) in [6.45, 7) is 0.796. The molecule has 0 spiro atoms. The summed E-state index contributed by atoms with van der Waals surface area (Å²) in [5, 5.41) is 2.02. The number of nitrogens with zero attached hydrogens (tertiary/aromatic N) is 3. The molecule has 0 radical (unpaired) electrons. The molecule has 0 bridgehead atoms. The van der Waals surface area contributed by atoms with Crippen molar-refractivity contribution in [1.29, 1.82) is 0 Å². The highest BCUT2D eigenvalue weighted by atomic mass is 32.2. The second-order valence-corrected chi connectivity index (χ2v) is 8.26. The lowest BCUT2D eigenvalue weighted by atomic mass is 10.2. The molecule has 0 aliphatic rings. The Kier molecular flexibility index (Phi) is 5.93. The van der Waals surface area contributed by atoms with E-state index in [0.717, 1.165) is 34.0 Å². The zero-order chi connectivity index (χ0) is 21.0. The fourth-order valence-electron chi connectivity index (χ4n) is 3.02. The van der Waals surface area contributed by atoms with Crippen molar-refractivity contribution in [3.63, 3.8) is 0 Å². The fourth-order valence-corrected chi connectivity index (χ4v) is 3.39. The summed E-state index contributed by atoms with van der Waals surface area (Å²) in [5.74, 6) is 1.43. The summed E-state index contributed by atoms with van der Waals surface area (Å²) < 4.78 is 39.2. The van der Waals surface area contributed by atoms with E-state index in [1.54, 1.807) is 6.20 Å². The average Bonchev–Trinajstić information content (AvgIpc) is 3.15. The van der Waals surface area contributed by atoms with Gasteiger partial charge in [-0.25, -0.2) is 9.97 Å². The second-order valence-electron chi connectivity index (χ2n) is 6.62. The summed E-state index contributed by atoms with van der Waals surface area (Å²) >= 11 is 0. The van der Waals surface area contributed by atoms with Gasteiger partial charge in [0.05, 0.1) is 37.8 Å². The second kappa shape index (κ2) is 8.78. The molecule has 3 aromatic heterocycles. The predicted molar refractivity (Wildman–Crippen MR) is 113 cm³/mol. The van der Waals surface area contributed by atoms with E-state index in [-0.39, 0.29) is 13.2 Å². The minimum Gasteiger partial charge on any atom is -0.490 e. The number of pyridine rings is 2. The van der Waals surface area contributed by atoms with Crippen LogP contribution in [0, 0.1) is 0 Å². The van der Waals surface area contributed by atoms with Gasteiger partial charge in [-0.3, -0.25) is 8.75 Å². The Hall–Kier alpha value is -3.01. The standard InChI is InChI=1S/C21H21N3O5S/c1-30(25,26)29-13-11-27-10-12-28-18-14-17-8-9-24(21(17)22-15-18)20-7-6-16-4-2-3-5-19(16)23-20/h2-9,14-15H,10-13H2,1H3. The lowest BCUT2D eigenvalue weighted by Crippen LogP contribution is -2.13. The molecule has 0 aliphatic carbocycles. The summed E-state index contributed by atoms with van der Waals surface area (Å²) in [6, 6.07) is 15.9. The van der Waals surface area contributed by atoms with Gasteiger partial charge in [-0.1, -0.05) is 18.2 Å². The summed E-state index contributed by atoms with van der Waals surface area (Å²) in [4.78, 5) is 9.24. The zero-order valence-corrected chi connectivity index (χ0v) is 17.2. The van der Waals surface area contributed by atoms with Gasteiger partial charge in [-0.05, 0) is 30.3 Å². The van der Waals surface area contributed by atoms with Gasteiger partial charge in [-0.2, -0.15) is 8.42 Å². The molecule has 0 saturated carbocycles. The first-order valence-electron chi connectivity index (χ1n) is 9.38. The lowest BCUT2D eigenvalue weighted by Gasteiger charge is -2.08. The van der Waals surface area contributed by atoms with Gasteiger partial charge in [0.25, 0.3) is 10.1 Å². The van der Waals surface area contributed by atoms with E-state index in [2.05, 4.69) is 9.17 Å². The van der Waals surface area contributed by atoms with Crippen LogP contribution in [0.25, 0.3) is 27.8 Å². The number of ether oxygens (including phenoxy) is 2. The SMILES string of the molecule is CS(=O)(=O)OCCOCCOc1cnc2c(ccn2-c2ccc3ccccc3n2)c1. The van der Waals surface area contributed by atoms with Crippen molar-refractivity contribution in [2.45, 2.75) is 0 Å². The van der Waals surface area contributed by atoms with Gasteiger partial charge in [0.1, 0.15) is 23.8 Å². The highest BCUT2D eigenvalue weighted by molar-refractivity contribution is 7.85. The first-order valence-corrected chi connectivity index (χ1v) is 11.2. The molecule has 156 valence electrons. The van der Waals surface area contributed by atoms with Crippen molar-refractivity contribution in [2.24, 2.45) is 0 Å². The van der Waals surface area contributed by atoms with Crippen LogP contribution in [-0.2, 0) is 19.0 Å². The molecule has 1 aromatic carbocycles. The van der Waals surface area contributed by atoms with Crippen LogP contribution in [0.15, 0.2) is 60.9 Å². The van der Waals surface area contributed by atoms with Crippen LogP contribution in [0.4, 0.5) is 0 Å². The smallest absolute Gasteiger partial charge is 0.264 e. The van der Waals surface area contributed by atoms with Crippen LogP contribution in [0.1, 0.15) is 0 Å². The van der Waals surface area contributed by atoms with Gasteiger partial charge >= 0.3 is 0 Å². The Morgan fingerprint density at radius 3 is 2.67 bits per heavy atom. The topological polar surface area (TPSA) is 92.5 Å². The summed E-state index contributed by atoms with van der Waals surface area (Å²) in [6.07, 6.45) is 4.60. The maximum atomic E-state index is 10.8. The van der Waals surface area contributed by atoms with Crippen molar-refractivity contribution in [1.82, 2.24) is 14.5 Å². The van der Waals surface area contributed by atoms with E-state index in [1.807, 2.05) is 59.3 Å². The molecule has 0 fully saturated rings. The molecule has 0 saturated heterocycles. The first kappa shape index (κ1) is 20.3. The molecule has 4 rings (SSSR count). The number of hydrogen-bond acceptors (Lipinski definition) is 7. The van der Waals surface area contributed by atoms with E-state index in [0.29, 0.717) is 19.0 Å². The fraction of sp³-hybridized carbons (Fsp3) is 0.238. The maximum absolute atomic E-state index is 10.8. The van der Waals surface area contributed by atoms with Crippen LogP contribution in [0.2, 0.25) is 0 Å². The monoisotopic (exact) mass is 427 g/mol. The maximum Gasteiger partial charge on any atom is 0.264 e. The average molecular weight is 427 g/mol. The normalized spacial score (nSPS) is 11.9. The summed E-state index contributed by atoms with van der Waals surface area (Å²) in [5.41, 5.74) is 1.72. The van der Waals surface area contributed by atoms with Crippen LogP contribution in [0.3, 0.4) is 0 Å². The van der Waals surface area contributed by atoms with Gasteiger partial charge in [0.15, 0.2) is 0 Å².